The number of hydrogen-bond donors (Lipinski definition) is 1. The van der Waals surface area contributed by atoms with Gasteiger partial charge in [0.15, 0.2) is 5.78 Å². The number of ketones is 1. The smallest absolute Gasteiger partial charge is 0.335 e. The Labute approximate surface area is 82.4 Å². The molecule has 14 heavy (non-hydrogen) atoms. The van der Waals surface area contributed by atoms with Crippen LogP contribution >= 0.6 is 0 Å². The molecule has 0 heterocycles. The molecule has 0 spiro atoms. The molecule has 1 aromatic carbocycles. The maximum Gasteiger partial charge on any atom is 0.335 e. The third kappa shape index (κ3) is 2.19. The van der Waals surface area contributed by atoms with Gasteiger partial charge in [-0.3, -0.25) is 4.79 Å². The minimum Gasteiger partial charge on any atom is -0.478 e. The van der Waals surface area contributed by atoms with Gasteiger partial charge in [0, 0.05) is 11.5 Å². The summed E-state index contributed by atoms with van der Waals surface area (Å²) in [5.74, 6) is -1.01. The summed E-state index contributed by atoms with van der Waals surface area (Å²) in [5, 5.41) is 8.64. The van der Waals surface area contributed by atoms with E-state index in [4.69, 9.17) is 5.11 Å². The Hall–Kier alpha value is -1.64. The maximum atomic E-state index is 11.5. The molecule has 0 saturated heterocycles. The van der Waals surface area contributed by atoms with Crippen LogP contribution in [-0.2, 0) is 0 Å². The van der Waals surface area contributed by atoms with E-state index in [0.717, 1.165) is 0 Å². The highest BCUT2D eigenvalue weighted by Gasteiger charge is 2.10. The van der Waals surface area contributed by atoms with Gasteiger partial charge >= 0.3 is 5.97 Å². The summed E-state index contributed by atoms with van der Waals surface area (Å²) in [6.45, 7) is 3.63. The van der Waals surface area contributed by atoms with Crippen molar-refractivity contribution < 1.29 is 14.7 Å². The van der Waals surface area contributed by atoms with Gasteiger partial charge in [0.25, 0.3) is 0 Å². The van der Waals surface area contributed by atoms with E-state index in [9.17, 15) is 9.59 Å². The van der Waals surface area contributed by atoms with Gasteiger partial charge < -0.3 is 5.11 Å². The molecule has 1 aromatic rings. The van der Waals surface area contributed by atoms with Crippen molar-refractivity contribution in [3.63, 3.8) is 0 Å². The average Bonchev–Trinajstić information content (AvgIpc) is 2.16. The van der Waals surface area contributed by atoms with Gasteiger partial charge in [-0.1, -0.05) is 26.0 Å². The SMILES string of the molecule is CC(C)C(=O)c1ccc(C(=O)O)cc1. The molecule has 0 radical (unpaired) electrons. The molecule has 1 rings (SSSR count). The van der Waals surface area contributed by atoms with Gasteiger partial charge in [-0.05, 0) is 12.1 Å². The van der Waals surface area contributed by atoms with Crippen LogP contribution < -0.4 is 0 Å². The fraction of sp³-hybridized carbons (Fsp3) is 0.273. The Bertz CT molecular complexity index is 349. The van der Waals surface area contributed by atoms with E-state index < -0.39 is 5.97 Å². The molecule has 0 amide bonds. The summed E-state index contributed by atoms with van der Waals surface area (Å²) in [6.07, 6.45) is 0. The second kappa shape index (κ2) is 4.05. The Morgan fingerprint density at radius 2 is 1.50 bits per heavy atom. The van der Waals surface area contributed by atoms with Gasteiger partial charge in [0.05, 0.1) is 5.56 Å². The van der Waals surface area contributed by atoms with E-state index in [1.165, 1.54) is 12.1 Å². The lowest BCUT2D eigenvalue weighted by molar-refractivity contribution is 0.0696. The van der Waals surface area contributed by atoms with E-state index >= 15 is 0 Å². The minimum atomic E-state index is -0.978. The second-order valence-corrected chi connectivity index (χ2v) is 3.40. The zero-order valence-electron chi connectivity index (χ0n) is 8.15. The van der Waals surface area contributed by atoms with Crippen molar-refractivity contribution in [2.24, 2.45) is 5.92 Å². The third-order valence-electron chi connectivity index (χ3n) is 1.94. The summed E-state index contributed by atoms with van der Waals surface area (Å²) in [4.78, 5) is 22.0. The Morgan fingerprint density at radius 3 is 1.86 bits per heavy atom. The molecule has 3 heteroatoms. The van der Waals surface area contributed by atoms with Gasteiger partial charge in [-0.15, -0.1) is 0 Å². The molecule has 0 bridgehead atoms. The summed E-state index contributed by atoms with van der Waals surface area (Å²) < 4.78 is 0. The molecule has 0 aromatic heterocycles. The van der Waals surface area contributed by atoms with E-state index in [0.29, 0.717) is 5.56 Å². The molecule has 0 saturated carbocycles. The van der Waals surface area contributed by atoms with Crippen molar-refractivity contribution in [3.8, 4) is 0 Å². The number of Topliss-reactive ketones (excluding diaryl/α,β-unsaturated/α-hetero) is 1. The van der Waals surface area contributed by atoms with Gasteiger partial charge in [0.2, 0.25) is 0 Å². The molecule has 0 fully saturated rings. The highest BCUT2D eigenvalue weighted by atomic mass is 16.4. The molecule has 0 aliphatic heterocycles. The quantitative estimate of drug-likeness (QED) is 0.747. The molecule has 0 aliphatic rings. The predicted octanol–water partition coefficient (Wildman–Crippen LogP) is 2.22. The number of benzene rings is 1. The van der Waals surface area contributed by atoms with Gasteiger partial charge in [0.1, 0.15) is 0 Å². The van der Waals surface area contributed by atoms with Gasteiger partial charge in [-0.25, -0.2) is 4.79 Å². The maximum absolute atomic E-state index is 11.5. The van der Waals surface area contributed by atoms with Crippen molar-refractivity contribution in [1.29, 1.82) is 0 Å². The second-order valence-electron chi connectivity index (χ2n) is 3.40. The average molecular weight is 192 g/mol. The lowest BCUT2D eigenvalue weighted by Crippen LogP contribution is -2.07. The number of carboxylic acid groups (broad SMARTS) is 1. The van der Waals surface area contributed by atoms with E-state index in [2.05, 4.69) is 0 Å². The number of carbonyl (C=O) groups excluding carboxylic acids is 1. The fourth-order valence-corrected chi connectivity index (χ4v) is 1.11. The first kappa shape index (κ1) is 10.4. The lowest BCUT2D eigenvalue weighted by Gasteiger charge is -2.03. The van der Waals surface area contributed by atoms with Crippen LogP contribution in [0, 0.1) is 5.92 Å². The molecule has 0 atom stereocenters. The van der Waals surface area contributed by atoms with Crippen molar-refractivity contribution in [3.05, 3.63) is 35.4 Å². The van der Waals surface area contributed by atoms with Crippen molar-refractivity contribution in [1.82, 2.24) is 0 Å². The Kier molecular flexibility index (Phi) is 3.02. The topological polar surface area (TPSA) is 54.4 Å². The first-order chi connectivity index (χ1) is 6.52. The standard InChI is InChI=1S/C11H12O3/c1-7(2)10(12)8-3-5-9(6-4-8)11(13)14/h3-7H,1-2H3,(H,13,14). The number of rotatable bonds is 3. The molecular weight excluding hydrogens is 180 g/mol. The number of carbonyl (C=O) groups is 2. The largest absolute Gasteiger partial charge is 0.478 e. The van der Waals surface area contributed by atoms with Crippen LogP contribution in [0.2, 0.25) is 0 Å². The first-order valence-electron chi connectivity index (χ1n) is 4.40. The predicted molar refractivity (Wildman–Crippen MR) is 52.6 cm³/mol. The number of hydrogen-bond acceptors (Lipinski definition) is 2. The zero-order chi connectivity index (χ0) is 10.7. The van der Waals surface area contributed by atoms with Gasteiger partial charge in [-0.2, -0.15) is 0 Å². The number of carboxylic acids is 1. The monoisotopic (exact) mass is 192 g/mol. The summed E-state index contributed by atoms with van der Waals surface area (Å²) in [7, 11) is 0. The molecule has 1 N–H and O–H groups in total. The van der Waals surface area contributed by atoms with Crippen LogP contribution in [0.25, 0.3) is 0 Å². The van der Waals surface area contributed by atoms with Crippen LogP contribution in [0.15, 0.2) is 24.3 Å². The Morgan fingerprint density at radius 1 is 1.07 bits per heavy atom. The fourth-order valence-electron chi connectivity index (χ4n) is 1.11. The van der Waals surface area contributed by atoms with Crippen molar-refractivity contribution in [2.75, 3.05) is 0 Å². The summed E-state index contributed by atoms with van der Waals surface area (Å²) in [6, 6.07) is 5.98. The molecule has 3 nitrogen and oxygen atoms in total. The van der Waals surface area contributed by atoms with E-state index in [-0.39, 0.29) is 17.3 Å². The normalized spacial score (nSPS) is 10.2. The van der Waals surface area contributed by atoms with Crippen LogP contribution in [0.3, 0.4) is 0 Å². The van der Waals surface area contributed by atoms with Crippen LogP contribution in [-0.4, -0.2) is 16.9 Å². The molecular formula is C11H12O3. The minimum absolute atomic E-state index is 0.0296. The third-order valence-corrected chi connectivity index (χ3v) is 1.94. The molecule has 74 valence electrons. The first-order valence-corrected chi connectivity index (χ1v) is 4.40. The van der Waals surface area contributed by atoms with E-state index in [1.807, 2.05) is 13.8 Å². The van der Waals surface area contributed by atoms with Crippen molar-refractivity contribution >= 4 is 11.8 Å². The van der Waals surface area contributed by atoms with Crippen molar-refractivity contribution in [2.45, 2.75) is 13.8 Å². The van der Waals surface area contributed by atoms with E-state index in [1.54, 1.807) is 12.1 Å². The Balaban J connectivity index is 2.94. The zero-order valence-corrected chi connectivity index (χ0v) is 8.15. The van der Waals surface area contributed by atoms with Crippen LogP contribution in [0.5, 0.6) is 0 Å². The van der Waals surface area contributed by atoms with Crippen LogP contribution in [0.1, 0.15) is 34.6 Å². The summed E-state index contributed by atoms with van der Waals surface area (Å²) in [5.41, 5.74) is 0.760. The highest BCUT2D eigenvalue weighted by Crippen LogP contribution is 2.09. The lowest BCUT2D eigenvalue weighted by atomic mass is 10.0. The highest BCUT2D eigenvalue weighted by molar-refractivity contribution is 5.98. The molecule has 0 unspecified atom stereocenters. The van der Waals surface area contributed by atoms with Crippen LogP contribution in [0.4, 0.5) is 0 Å². The number of aromatic carboxylic acids is 1. The summed E-state index contributed by atoms with van der Waals surface area (Å²) >= 11 is 0. The molecule has 0 aliphatic carbocycles.